The summed E-state index contributed by atoms with van der Waals surface area (Å²) < 4.78 is 47.9. The Labute approximate surface area is 172 Å². The highest BCUT2D eigenvalue weighted by Gasteiger charge is 2.30. The number of nitrogens with zero attached hydrogens (tertiary/aromatic N) is 1. The SMILES string of the molecule is CS(=O)(=O)c1cc(S(N)(=O)=O)ccc1N1CCCC(C(=O)NC2CCCCC2)C1. The second-order valence-electron chi connectivity index (χ2n) is 8.08. The third kappa shape index (κ3) is 5.49. The molecule has 10 heteroatoms. The summed E-state index contributed by atoms with van der Waals surface area (Å²) in [5, 5.41) is 8.31. The van der Waals surface area contributed by atoms with Crippen molar-refractivity contribution < 1.29 is 21.6 Å². The summed E-state index contributed by atoms with van der Waals surface area (Å²) in [5.41, 5.74) is 0.412. The predicted octanol–water partition coefficient (Wildman–Crippen LogP) is 1.40. The molecule has 1 aromatic rings. The van der Waals surface area contributed by atoms with Gasteiger partial charge in [-0.1, -0.05) is 19.3 Å². The van der Waals surface area contributed by atoms with E-state index in [-0.39, 0.29) is 27.7 Å². The molecule has 1 aromatic carbocycles. The molecule has 29 heavy (non-hydrogen) atoms. The molecule has 1 atom stereocenters. The minimum Gasteiger partial charge on any atom is -0.370 e. The van der Waals surface area contributed by atoms with Crippen molar-refractivity contribution in [2.24, 2.45) is 11.1 Å². The second kappa shape index (κ2) is 8.61. The monoisotopic (exact) mass is 443 g/mol. The fraction of sp³-hybridized carbons (Fsp3) is 0.632. The first kappa shape index (κ1) is 22.0. The number of piperidine rings is 1. The van der Waals surface area contributed by atoms with Gasteiger partial charge >= 0.3 is 0 Å². The van der Waals surface area contributed by atoms with E-state index in [0.717, 1.165) is 50.8 Å². The van der Waals surface area contributed by atoms with Crippen LogP contribution in [0, 0.1) is 5.92 Å². The van der Waals surface area contributed by atoms with Crippen LogP contribution in [0.4, 0.5) is 5.69 Å². The number of nitrogens with two attached hydrogens (primary N) is 1. The number of nitrogens with one attached hydrogen (secondary N) is 1. The van der Waals surface area contributed by atoms with Crippen LogP contribution in [0.2, 0.25) is 0 Å². The average Bonchev–Trinajstić information content (AvgIpc) is 2.67. The van der Waals surface area contributed by atoms with E-state index in [2.05, 4.69) is 5.32 Å². The van der Waals surface area contributed by atoms with E-state index in [0.29, 0.717) is 18.8 Å². The van der Waals surface area contributed by atoms with Crippen LogP contribution in [0.5, 0.6) is 0 Å². The van der Waals surface area contributed by atoms with Crippen LogP contribution in [0.1, 0.15) is 44.9 Å². The summed E-state index contributed by atoms with van der Waals surface area (Å²) >= 11 is 0. The maximum absolute atomic E-state index is 12.8. The second-order valence-corrected chi connectivity index (χ2v) is 11.6. The zero-order chi connectivity index (χ0) is 21.2. The highest BCUT2D eigenvalue weighted by atomic mass is 32.2. The zero-order valence-electron chi connectivity index (χ0n) is 16.6. The van der Waals surface area contributed by atoms with Gasteiger partial charge in [0.15, 0.2) is 9.84 Å². The van der Waals surface area contributed by atoms with Gasteiger partial charge in [0.05, 0.1) is 21.4 Å². The zero-order valence-corrected chi connectivity index (χ0v) is 18.3. The molecule has 0 spiro atoms. The van der Waals surface area contributed by atoms with E-state index in [1.54, 1.807) is 0 Å². The summed E-state index contributed by atoms with van der Waals surface area (Å²) in [6.07, 6.45) is 8.04. The van der Waals surface area contributed by atoms with Gasteiger partial charge < -0.3 is 10.2 Å². The number of sulfone groups is 1. The van der Waals surface area contributed by atoms with Crippen LogP contribution < -0.4 is 15.4 Å². The van der Waals surface area contributed by atoms with Crippen LogP contribution in [0.25, 0.3) is 0 Å². The molecule has 1 saturated heterocycles. The van der Waals surface area contributed by atoms with Crippen molar-refractivity contribution in [1.82, 2.24) is 5.32 Å². The van der Waals surface area contributed by atoms with Gasteiger partial charge in [0.2, 0.25) is 15.9 Å². The predicted molar refractivity (Wildman–Crippen MR) is 111 cm³/mol. The number of carbonyl (C=O) groups excluding carboxylic acids is 1. The van der Waals surface area contributed by atoms with Gasteiger partial charge in [-0.15, -0.1) is 0 Å². The van der Waals surface area contributed by atoms with Gasteiger partial charge in [-0.25, -0.2) is 22.0 Å². The molecule has 2 aliphatic rings. The summed E-state index contributed by atoms with van der Waals surface area (Å²) in [6.45, 7) is 1.00. The van der Waals surface area contributed by atoms with Crippen molar-refractivity contribution in [3.63, 3.8) is 0 Å². The summed E-state index contributed by atoms with van der Waals surface area (Å²) in [4.78, 5) is 14.3. The molecular formula is C19H29N3O5S2. The minimum atomic E-state index is -4.02. The van der Waals surface area contributed by atoms with Crippen molar-refractivity contribution in [3.05, 3.63) is 18.2 Å². The van der Waals surface area contributed by atoms with Crippen molar-refractivity contribution in [3.8, 4) is 0 Å². The number of anilines is 1. The number of amides is 1. The molecule has 2 fully saturated rings. The molecule has 162 valence electrons. The van der Waals surface area contributed by atoms with Crippen molar-refractivity contribution >= 4 is 31.5 Å². The molecule has 1 aliphatic carbocycles. The lowest BCUT2D eigenvalue weighted by Crippen LogP contribution is -2.46. The summed E-state index contributed by atoms with van der Waals surface area (Å²) in [7, 11) is -7.71. The van der Waals surface area contributed by atoms with Gasteiger partial charge in [-0.05, 0) is 43.9 Å². The molecule has 1 aliphatic heterocycles. The number of hydrogen-bond donors (Lipinski definition) is 2. The molecule has 3 N–H and O–H groups in total. The van der Waals surface area contributed by atoms with Gasteiger partial charge in [-0.3, -0.25) is 4.79 Å². The lowest BCUT2D eigenvalue weighted by molar-refractivity contribution is -0.126. The first-order chi connectivity index (χ1) is 13.6. The maximum atomic E-state index is 12.8. The van der Waals surface area contributed by atoms with Crippen molar-refractivity contribution in [2.75, 3.05) is 24.2 Å². The molecule has 1 heterocycles. The molecule has 8 nitrogen and oxygen atoms in total. The Kier molecular flexibility index (Phi) is 6.54. The number of primary sulfonamides is 1. The fourth-order valence-corrected chi connectivity index (χ4v) is 5.74. The molecule has 1 saturated carbocycles. The van der Waals surface area contributed by atoms with E-state index < -0.39 is 19.9 Å². The maximum Gasteiger partial charge on any atom is 0.238 e. The Morgan fingerprint density at radius 3 is 2.38 bits per heavy atom. The van der Waals surface area contributed by atoms with Crippen molar-refractivity contribution in [1.29, 1.82) is 0 Å². The van der Waals surface area contributed by atoms with E-state index in [1.807, 2.05) is 4.90 Å². The van der Waals surface area contributed by atoms with Crippen LogP contribution in [0.3, 0.4) is 0 Å². The molecule has 1 unspecified atom stereocenters. The minimum absolute atomic E-state index is 0.0173. The summed E-state index contributed by atoms with van der Waals surface area (Å²) in [5.74, 6) is -0.209. The Bertz CT molecular complexity index is 970. The van der Waals surface area contributed by atoms with Gasteiger partial charge in [-0.2, -0.15) is 0 Å². The standard InChI is InChI=1S/C19H29N3O5S2/c1-28(24,25)18-12-16(29(20,26)27)9-10-17(18)22-11-5-6-14(13-22)19(23)21-15-7-3-2-4-8-15/h9-10,12,14-15H,2-8,11,13H2,1H3,(H,21,23)(H2,20,26,27). The van der Waals surface area contributed by atoms with E-state index >= 15 is 0 Å². The Morgan fingerprint density at radius 2 is 1.76 bits per heavy atom. The highest BCUT2D eigenvalue weighted by molar-refractivity contribution is 7.91. The van der Waals surface area contributed by atoms with Gasteiger partial charge in [0.1, 0.15) is 0 Å². The first-order valence-corrected chi connectivity index (χ1v) is 13.4. The Hall–Kier alpha value is -1.65. The molecular weight excluding hydrogens is 414 g/mol. The van der Waals surface area contributed by atoms with E-state index in [1.165, 1.54) is 18.6 Å². The molecule has 0 aromatic heterocycles. The number of carbonyl (C=O) groups is 1. The smallest absolute Gasteiger partial charge is 0.238 e. The van der Waals surface area contributed by atoms with Crippen molar-refractivity contribution in [2.45, 2.75) is 60.8 Å². The number of benzene rings is 1. The number of rotatable bonds is 5. The molecule has 0 radical (unpaired) electrons. The Balaban J connectivity index is 1.81. The fourth-order valence-electron chi connectivity index (χ4n) is 4.21. The van der Waals surface area contributed by atoms with Crippen LogP contribution in [-0.4, -0.2) is 48.1 Å². The molecule has 3 rings (SSSR count). The third-order valence-corrected chi connectivity index (χ3v) is 7.78. The number of sulfonamides is 1. The normalized spacial score (nSPS) is 21.7. The van der Waals surface area contributed by atoms with E-state index in [9.17, 15) is 21.6 Å². The lowest BCUT2D eigenvalue weighted by Gasteiger charge is -2.35. The van der Waals surface area contributed by atoms with Gasteiger partial charge in [0.25, 0.3) is 0 Å². The lowest BCUT2D eigenvalue weighted by atomic mass is 9.93. The van der Waals surface area contributed by atoms with E-state index in [4.69, 9.17) is 5.14 Å². The molecule has 1 amide bonds. The topological polar surface area (TPSA) is 127 Å². The van der Waals surface area contributed by atoms with Gasteiger partial charge in [0, 0.05) is 25.4 Å². The average molecular weight is 444 g/mol. The quantitative estimate of drug-likeness (QED) is 0.708. The third-order valence-electron chi connectivity index (χ3n) is 5.74. The van der Waals surface area contributed by atoms with Crippen LogP contribution >= 0.6 is 0 Å². The van der Waals surface area contributed by atoms with Crippen LogP contribution in [0.15, 0.2) is 28.0 Å². The highest BCUT2D eigenvalue weighted by Crippen LogP contribution is 2.31. The largest absolute Gasteiger partial charge is 0.370 e. The number of hydrogen-bond acceptors (Lipinski definition) is 6. The summed E-state index contributed by atoms with van der Waals surface area (Å²) in [6, 6.07) is 4.11. The first-order valence-electron chi connectivity index (χ1n) is 9.98. The molecule has 0 bridgehead atoms. The van der Waals surface area contributed by atoms with Crippen LogP contribution in [-0.2, 0) is 24.7 Å². The Morgan fingerprint density at radius 1 is 1.07 bits per heavy atom.